The van der Waals surface area contributed by atoms with Crippen molar-refractivity contribution in [3.8, 4) is 0 Å². The average molecular weight is 365 g/mol. The van der Waals surface area contributed by atoms with Gasteiger partial charge in [0.05, 0.1) is 6.42 Å². The van der Waals surface area contributed by atoms with Crippen molar-refractivity contribution in [2.75, 3.05) is 0 Å². The third-order valence-electron chi connectivity index (χ3n) is 6.87. The van der Waals surface area contributed by atoms with Crippen molar-refractivity contribution in [2.24, 2.45) is 5.41 Å². The minimum Gasteiger partial charge on any atom is -0.462 e. The molecule has 1 aliphatic carbocycles. The molecule has 2 aromatic rings. The van der Waals surface area contributed by atoms with Crippen LogP contribution in [0.4, 0.5) is 0 Å². The lowest BCUT2D eigenvalue weighted by atomic mass is 10.00. The maximum absolute atomic E-state index is 12.1. The van der Waals surface area contributed by atoms with Gasteiger partial charge in [-0.1, -0.05) is 91.8 Å². The molecule has 2 aliphatic rings. The van der Waals surface area contributed by atoms with Crippen molar-refractivity contribution in [3.63, 3.8) is 0 Å². The van der Waals surface area contributed by atoms with Crippen LogP contribution in [0.3, 0.4) is 0 Å². The molecule has 1 spiro atoms. The zero-order valence-corrected chi connectivity index (χ0v) is 17.2. The molecule has 0 radical (unpaired) electrons. The van der Waals surface area contributed by atoms with E-state index in [0.717, 1.165) is 6.42 Å². The number of carbonyl (C=O) groups excluding carboxylic acids is 1. The van der Waals surface area contributed by atoms with Crippen LogP contribution >= 0.6 is 0 Å². The molecule has 1 saturated heterocycles. The standard InChI is InChI=1S/C23H28O2Si/c1-17-23(16-21(24)25-17)15-20(23)26(22(2,3)4,18-11-7-5-8-12-18)19-13-9-6-10-14-19/h5-14,17,20H,15-16H2,1-4H3/t17?,20-,23-/m0/s1. The van der Waals surface area contributed by atoms with Gasteiger partial charge in [0, 0.05) is 5.41 Å². The fraction of sp³-hybridized carbons (Fsp3) is 0.435. The van der Waals surface area contributed by atoms with Gasteiger partial charge in [0.1, 0.15) is 14.2 Å². The molecule has 0 aromatic heterocycles. The molecule has 1 saturated carbocycles. The van der Waals surface area contributed by atoms with E-state index in [1.54, 1.807) is 0 Å². The summed E-state index contributed by atoms with van der Waals surface area (Å²) in [5, 5.41) is 3.09. The summed E-state index contributed by atoms with van der Waals surface area (Å²) >= 11 is 0. The first-order valence-corrected chi connectivity index (χ1v) is 11.7. The number of carbonyl (C=O) groups is 1. The van der Waals surface area contributed by atoms with Gasteiger partial charge in [0.15, 0.2) is 0 Å². The lowest BCUT2D eigenvalue weighted by molar-refractivity contribution is -0.140. The van der Waals surface area contributed by atoms with Gasteiger partial charge in [-0.2, -0.15) is 0 Å². The minimum absolute atomic E-state index is 0.0158. The lowest BCUT2D eigenvalue weighted by Crippen LogP contribution is -2.65. The largest absolute Gasteiger partial charge is 0.462 e. The average Bonchev–Trinajstić information content (AvgIpc) is 3.23. The highest BCUT2D eigenvalue weighted by molar-refractivity contribution is 7.05. The monoisotopic (exact) mass is 364 g/mol. The van der Waals surface area contributed by atoms with Crippen LogP contribution in [0.5, 0.6) is 0 Å². The summed E-state index contributed by atoms with van der Waals surface area (Å²) in [6, 6.07) is 22.1. The SMILES string of the molecule is CC1OC(=O)C[C@@]12C[C@@H]2[Si](c1ccccc1)(c1ccccc1)C(C)(C)C. The number of ether oxygens (including phenoxy) is 1. The maximum Gasteiger partial charge on any atom is 0.306 e. The summed E-state index contributed by atoms with van der Waals surface area (Å²) in [5.74, 6) is -0.0158. The van der Waals surface area contributed by atoms with E-state index >= 15 is 0 Å². The highest BCUT2D eigenvalue weighted by atomic mass is 28.3. The van der Waals surface area contributed by atoms with Crippen molar-refractivity contribution in [3.05, 3.63) is 60.7 Å². The minimum atomic E-state index is -2.16. The first kappa shape index (κ1) is 17.5. The lowest BCUT2D eigenvalue weighted by Gasteiger charge is -2.46. The molecule has 2 nitrogen and oxygen atoms in total. The molecular weight excluding hydrogens is 336 g/mol. The molecule has 1 aliphatic heterocycles. The Kier molecular flexibility index (Phi) is 3.92. The third-order valence-corrected chi connectivity index (χ3v) is 13.6. The molecule has 1 unspecified atom stereocenters. The van der Waals surface area contributed by atoms with Crippen LogP contribution in [0.1, 0.15) is 40.5 Å². The van der Waals surface area contributed by atoms with Crippen LogP contribution in [0.15, 0.2) is 60.7 Å². The maximum atomic E-state index is 12.1. The topological polar surface area (TPSA) is 26.3 Å². The molecule has 2 aromatic carbocycles. The van der Waals surface area contributed by atoms with Crippen molar-refractivity contribution >= 4 is 24.4 Å². The van der Waals surface area contributed by atoms with E-state index in [9.17, 15) is 4.79 Å². The Balaban J connectivity index is 1.95. The summed E-state index contributed by atoms with van der Waals surface area (Å²) in [7, 11) is -2.16. The van der Waals surface area contributed by atoms with Crippen molar-refractivity contribution in [2.45, 2.75) is 57.2 Å². The van der Waals surface area contributed by atoms with Crippen LogP contribution in [0.25, 0.3) is 0 Å². The second-order valence-electron chi connectivity index (χ2n) is 9.09. The van der Waals surface area contributed by atoms with Crippen LogP contribution in [0, 0.1) is 5.41 Å². The normalized spacial score (nSPS) is 28.2. The zero-order chi connectivity index (χ0) is 18.6. The second kappa shape index (κ2) is 5.82. The highest BCUT2D eigenvalue weighted by Gasteiger charge is 2.73. The second-order valence-corrected chi connectivity index (χ2v) is 14.1. The quantitative estimate of drug-likeness (QED) is 0.604. The van der Waals surface area contributed by atoms with E-state index in [-0.39, 0.29) is 22.5 Å². The molecule has 26 heavy (non-hydrogen) atoms. The van der Waals surface area contributed by atoms with Crippen molar-refractivity contribution in [1.82, 2.24) is 0 Å². The molecule has 0 N–H and O–H groups in total. The Hall–Kier alpha value is -1.87. The molecule has 0 amide bonds. The van der Waals surface area contributed by atoms with Crippen LogP contribution < -0.4 is 10.4 Å². The Labute approximate surface area is 157 Å². The summed E-state index contributed by atoms with van der Waals surface area (Å²) in [6.45, 7) is 9.29. The number of hydrogen-bond donors (Lipinski definition) is 0. The molecule has 1 heterocycles. The van der Waals surface area contributed by atoms with Gasteiger partial charge >= 0.3 is 5.97 Å². The van der Waals surface area contributed by atoms with Gasteiger partial charge in [0.25, 0.3) is 0 Å². The van der Waals surface area contributed by atoms with Gasteiger partial charge in [-0.3, -0.25) is 4.79 Å². The molecule has 0 bridgehead atoms. The summed E-state index contributed by atoms with van der Waals surface area (Å²) in [6.07, 6.45) is 1.72. The number of hydrogen-bond acceptors (Lipinski definition) is 2. The first-order valence-electron chi connectivity index (χ1n) is 9.63. The highest BCUT2D eigenvalue weighted by Crippen LogP contribution is 2.72. The Bertz CT molecular complexity index is 770. The number of esters is 1. The van der Waals surface area contributed by atoms with Crippen molar-refractivity contribution < 1.29 is 9.53 Å². The predicted octanol–water partition coefficient (Wildman–Crippen LogP) is 4.15. The smallest absolute Gasteiger partial charge is 0.306 e. The molecule has 3 heteroatoms. The predicted molar refractivity (Wildman–Crippen MR) is 109 cm³/mol. The molecule has 3 atom stereocenters. The summed E-state index contributed by atoms with van der Waals surface area (Å²) in [4.78, 5) is 12.1. The molecule has 2 fully saturated rings. The Morgan fingerprint density at radius 3 is 1.85 bits per heavy atom. The first-order chi connectivity index (χ1) is 12.3. The van der Waals surface area contributed by atoms with E-state index in [1.807, 2.05) is 0 Å². The van der Waals surface area contributed by atoms with E-state index in [4.69, 9.17) is 4.74 Å². The van der Waals surface area contributed by atoms with Gasteiger partial charge in [-0.15, -0.1) is 0 Å². The van der Waals surface area contributed by atoms with Gasteiger partial charge in [-0.25, -0.2) is 0 Å². The number of cyclic esters (lactones) is 1. The fourth-order valence-electron chi connectivity index (χ4n) is 5.68. The van der Waals surface area contributed by atoms with E-state index in [1.165, 1.54) is 10.4 Å². The van der Waals surface area contributed by atoms with Gasteiger partial charge < -0.3 is 4.74 Å². The van der Waals surface area contributed by atoms with Gasteiger partial charge in [-0.05, 0) is 23.9 Å². The van der Waals surface area contributed by atoms with E-state index in [0.29, 0.717) is 12.0 Å². The van der Waals surface area contributed by atoms with E-state index in [2.05, 4.69) is 88.4 Å². The fourth-order valence-corrected chi connectivity index (χ4v) is 12.9. The molecular formula is C23H28O2Si. The van der Waals surface area contributed by atoms with Crippen LogP contribution in [-0.2, 0) is 9.53 Å². The summed E-state index contributed by atoms with van der Waals surface area (Å²) < 4.78 is 5.63. The third kappa shape index (κ3) is 2.33. The van der Waals surface area contributed by atoms with Crippen LogP contribution in [0.2, 0.25) is 10.6 Å². The summed E-state index contributed by atoms with van der Waals surface area (Å²) in [5.41, 5.74) is 0.559. The van der Waals surface area contributed by atoms with Gasteiger partial charge in [0.2, 0.25) is 0 Å². The number of benzene rings is 2. The Morgan fingerprint density at radius 2 is 1.46 bits per heavy atom. The van der Waals surface area contributed by atoms with E-state index < -0.39 is 8.07 Å². The number of rotatable bonds is 3. The molecule has 4 rings (SSSR count). The van der Waals surface area contributed by atoms with Crippen molar-refractivity contribution in [1.29, 1.82) is 0 Å². The zero-order valence-electron chi connectivity index (χ0n) is 16.2. The van der Waals surface area contributed by atoms with Crippen LogP contribution in [-0.4, -0.2) is 20.1 Å². The molecule has 136 valence electrons. The Morgan fingerprint density at radius 1 is 0.962 bits per heavy atom.